The SMILES string of the molecule is CCC1CCC2(CC1)NC(=O)N(CC(=O)Nc1ncc(Cc3ccc(F)cc3)s1)C2=O. The quantitative estimate of drug-likeness (QED) is 0.665. The summed E-state index contributed by atoms with van der Waals surface area (Å²) in [7, 11) is 0. The molecule has 1 saturated heterocycles. The van der Waals surface area contributed by atoms with E-state index in [4.69, 9.17) is 0 Å². The van der Waals surface area contributed by atoms with Gasteiger partial charge in [-0.1, -0.05) is 25.5 Å². The zero-order chi connectivity index (χ0) is 22.0. The monoisotopic (exact) mass is 444 g/mol. The van der Waals surface area contributed by atoms with Gasteiger partial charge in [0.05, 0.1) is 0 Å². The smallest absolute Gasteiger partial charge is 0.323 e. The molecule has 7 nitrogen and oxygen atoms in total. The molecular weight excluding hydrogens is 419 g/mol. The van der Waals surface area contributed by atoms with Crippen LogP contribution in [0, 0.1) is 11.7 Å². The van der Waals surface area contributed by atoms with Crippen LogP contribution in [0.15, 0.2) is 30.5 Å². The maximum atomic E-state index is 13.0. The van der Waals surface area contributed by atoms with E-state index in [2.05, 4.69) is 22.5 Å². The molecule has 0 radical (unpaired) electrons. The Bertz CT molecular complexity index is 983. The Morgan fingerprint density at radius 1 is 1.29 bits per heavy atom. The van der Waals surface area contributed by atoms with E-state index in [0.29, 0.717) is 30.3 Å². The zero-order valence-corrected chi connectivity index (χ0v) is 18.1. The molecule has 1 aliphatic carbocycles. The average Bonchev–Trinajstić information content (AvgIpc) is 3.28. The van der Waals surface area contributed by atoms with Gasteiger partial charge in [-0.05, 0) is 49.3 Å². The zero-order valence-electron chi connectivity index (χ0n) is 17.3. The van der Waals surface area contributed by atoms with Crippen LogP contribution in [0.2, 0.25) is 0 Å². The number of urea groups is 1. The molecule has 2 fully saturated rings. The van der Waals surface area contributed by atoms with E-state index in [1.54, 1.807) is 18.3 Å². The maximum Gasteiger partial charge on any atom is 0.325 e. The summed E-state index contributed by atoms with van der Waals surface area (Å²) < 4.78 is 13.0. The first-order chi connectivity index (χ1) is 14.9. The molecule has 0 bridgehead atoms. The summed E-state index contributed by atoms with van der Waals surface area (Å²) >= 11 is 1.30. The van der Waals surface area contributed by atoms with Gasteiger partial charge in [-0.2, -0.15) is 0 Å². The number of hydrogen-bond donors (Lipinski definition) is 2. The lowest BCUT2D eigenvalue weighted by Crippen LogP contribution is -2.49. The number of aromatic nitrogens is 1. The molecule has 31 heavy (non-hydrogen) atoms. The number of anilines is 1. The molecule has 1 aromatic heterocycles. The largest absolute Gasteiger partial charge is 0.325 e. The van der Waals surface area contributed by atoms with Gasteiger partial charge in [-0.25, -0.2) is 14.2 Å². The Labute approximate surface area is 184 Å². The van der Waals surface area contributed by atoms with Crippen molar-refractivity contribution < 1.29 is 18.8 Å². The summed E-state index contributed by atoms with van der Waals surface area (Å²) in [5.41, 5.74) is 0.0809. The molecule has 2 N–H and O–H groups in total. The van der Waals surface area contributed by atoms with Crippen molar-refractivity contribution in [2.24, 2.45) is 5.92 Å². The normalized spacial score (nSPS) is 23.3. The van der Waals surface area contributed by atoms with E-state index in [9.17, 15) is 18.8 Å². The lowest BCUT2D eigenvalue weighted by Gasteiger charge is -2.34. The topological polar surface area (TPSA) is 91.4 Å². The highest BCUT2D eigenvalue weighted by atomic mass is 32.1. The highest BCUT2D eigenvalue weighted by Gasteiger charge is 2.52. The van der Waals surface area contributed by atoms with Gasteiger partial charge in [0.15, 0.2) is 5.13 Å². The fourth-order valence-electron chi connectivity index (χ4n) is 4.29. The Balaban J connectivity index is 1.34. The summed E-state index contributed by atoms with van der Waals surface area (Å²) in [6.07, 6.45) is 6.33. The fourth-order valence-corrected chi connectivity index (χ4v) is 5.15. The molecule has 4 amide bonds. The van der Waals surface area contributed by atoms with Gasteiger partial charge in [0, 0.05) is 17.5 Å². The number of thiazole rings is 1. The molecule has 9 heteroatoms. The molecule has 2 heterocycles. The van der Waals surface area contributed by atoms with Gasteiger partial charge in [0.2, 0.25) is 5.91 Å². The lowest BCUT2D eigenvalue weighted by atomic mass is 9.75. The van der Waals surface area contributed by atoms with Gasteiger partial charge in [0.25, 0.3) is 5.91 Å². The molecule has 1 aliphatic heterocycles. The van der Waals surface area contributed by atoms with Crippen LogP contribution < -0.4 is 10.6 Å². The lowest BCUT2D eigenvalue weighted by molar-refractivity contribution is -0.135. The molecule has 2 aliphatic rings. The second-order valence-electron chi connectivity index (χ2n) is 8.24. The number of benzene rings is 1. The number of nitrogens with one attached hydrogen (secondary N) is 2. The number of rotatable bonds is 6. The van der Waals surface area contributed by atoms with Gasteiger partial charge >= 0.3 is 6.03 Å². The molecule has 164 valence electrons. The molecule has 1 spiro atoms. The predicted octanol–water partition coefficient (Wildman–Crippen LogP) is 3.70. The van der Waals surface area contributed by atoms with Crippen LogP contribution in [-0.2, 0) is 16.0 Å². The van der Waals surface area contributed by atoms with Crippen molar-refractivity contribution in [1.82, 2.24) is 15.2 Å². The average molecular weight is 445 g/mol. The Hall–Kier alpha value is -2.81. The van der Waals surface area contributed by atoms with Gasteiger partial charge < -0.3 is 10.6 Å². The van der Waals surface area contributed by atoms with Gasteiger partial charge in [0.1, 0.15) is 17.9 Å². The molecule has 4 rings (SSSR count). The van der Waals surface area contributed by atoms with Crippen molar-refractivity contribution in [3.63, 3.8) is 0 Å². The third kappa shape index (κ3) is 4.61. The van der Waals surface area contributed by atoms with Gasteiger partial charge in [-0.3, -0.25) is 14.5 Å². The third-order valence-electron chi connectivity index (χ3n) is 6.18. The van der Waals surface area contributed by atoms with E-state index in [1.165, 1.54) is 23.5 Å². The Morgan fingerprint density at radius 2 is 2.00 bits per heavy atom. The fraction of sp³-hybridized carbons (Fsp3) is 0.455. The van der Waals surface area contributed by atoms with Crippen molar-refractivity contribution in [3.8, 4) is 0 Å². The minimum Gasteiger partial charge on any atom is -0.323 e. The summed E-state index contributed by atoms with van der Waals surface area (Å²) in [5.74, 6) is -0.479. The first-order valence-electron chi connectivity index (χ1n) is 10.5. The minimum atomic E-state index is -0.855. The highest BCUT2D eigenvalue weighted by molar-refractivity contribution is 7.15. The first kappa shape index (κ1) is 21.4. The number of carbonyl (C=O) groups is 3. The van der Waals surface area contributed by atoms with Crippen molar-refractivity contribution >= 4 is 34.3 Å². The standard InChI is InChI=1S/C22H25FN4O3S/c1-2-14-7-9-22(10-8-14)19(29)27(21(30)26-22)13-18(28)25-20-24-12-17(31-20)11-15-3-5-16(23)6-4-15/h3-6,12,14H,2,7-11,13H2,1H3,(H,26,30)(H,24,25,28). The van der Waals surface area contributed by atoms with Crippen LogP contribution in [0.3, 0.4) is 0 Å². The van der Waals surface area contributed by atoms with Crippen molar-refractivity contribution in [1.29, 1.82) is 0 Å². The Morgan fingerprint density at radius 3 is 2.68 bits per heavy atom. The molecule has 2 aromatic rings. The maximum absolute atomic E-state index is 13.0. The Kier molecular flexibility index (Phi) is 6.04. The van der Waals surface area contributed by atoms with Crippen molar-refractivity contribution in [3.05, 3.63) is 46.7 Å². The van der Waals surface area contributed by atoms with E-state index in [1.807, 2.05) is 0 Å². The van der Waals surface area contributed by atoms with E-state index < -0.39 is 17.5 Å². The van der Waals surface area contributed by atoms with Crippen LogP contribution in [0.1, 0.15) is 49.5 Å². The highest BCUT2D eigenvalue weighted by Crippen LogP contribution is 2.37. The minimum absolute atomic E-state index is 0.290. The van der Waals surface area contributed by atoms with Crippen molar-refractivity contribution in [2.45, 2.75) is 51.0 Å². The van der Waals surface area contributed by atoms with E-state index in [-0.39, 0.29) is 18.3 Å². The second kappa shape index (κ2) is 8.74. The van der Waals surface area contributed by atoms with Crippen LogP contribution >= 0.6 is 11.3 Å². The number of amides is 4. The van der Waals surface area contributed by atoms with Crippen molar-refractivity contribution in [2.75, 3.05) is 11.9 Å². The number of carbonyl (C=O) groups excluding carboxylic acids is 3. The number of nitrogens with zero attached hydrogens (tertiary/aromatic N) is 2. The van der Waals surface area contributed by atoms with Crippen LogP contribution in [-0.4, -0.2) is 39.8 Å². The van der Waals surface area contributed by atoms with E-state index >= 15 is 0 Å². The van der Waals surface area contributed by atoms with Crippen LogP contribution in [0.4, 0.5) is 14.3 Å². The summed E-state index contributed by atoms with van der Waals surface area (Å²) in [5, 5.41) is 5.90. The molecule has 0 atom stereocenters. The number of imide groups is 1. The van der Waals surface area contributed by atoms with Crippen LogP contribution in [0.25, 0.3) is 0 Å². The molecule has 0 unspecified atom stereocenters. The van der Waals surface area contributed by atoms with Crippen LogP contribution in [0.5, 0.6) is 0 Å². The molecule has 1 saturated carbocycles. The predicted molar refractivity (Wildman–Crippen MR) is 115 cm³/mol. The number of hydrogen-bond acceptors (Lipinski definition) is 5. The van der Waals surface area contributed by atoms with Gasteiger partial charge in [-0.15, -0.1) is 11.3 Å². The molecular formula is C22H25FN4O3S. The summed E-state index contributed by atoms with van der Waals surface area (Å²) in [4.78, 5) is 43.9. The summed E-state index contributed by atoms with van der Waals surface area (Å²) in [6, 6.07) is 5.70. The first-order valence-corrected chi connectivity index (χ1v) is 11.3. The molecule has 1 aromatic carbocycles. The summed E-state index contributed by atoms with van der Waals surface area (Å²) in [6.45, 7) is 1.80. The van der Waals surface area contributed by atoms with E-state index in [0.717, 1.165) is 34.6 Å². The number of halogens is 1. The third-order valence-corrected chi connectivity index (χ3v) is 7.09. The second-order valence-corrected chi connectivity index (χ2v) is 9.35.